The van der Waals surface area contributed by atoms with Gasteiger partial charge in [-0.05, 0) is 29.8 Å². The number of H-pyrrole nitrogens is 1. The maximum Gasteiger partial charge on any atom is 0.224 e. The lowest BCUT2D eigenvalue weighted by Crippen LogP contribution is -1.91. The van der Waals surface area contributed by atoms with Crippen LogP contribution in [0.2, 0.25) is 5.28 Å². The minimum Gasteiger partial charge on any atom is -0.261 e. The van der Waals surface area contributed by atoms with E-state index in [0.717, 1.165) is 12.1 Å². The standard InChI is InChI=1S/C11H5ClF2N4/c12-11-16-9(6-4-15-18-10(6)17-11)5-1-2-7(13)8(14)3-5/h1-4H,(H,15,16,17,18). The highest BCUT2D eigenvalue weighted by Gasteiger charge is 2.12. The number of nitrogens with one attached hydrogen (secondary N) is 1. The lowest BCUT2D eigenvalue weighted by Gasteiger charge is -2.03. The van der Waals surface area contributed by atoms with Crippen LogP contribution in [-0.2, 0) is 0 Å². The molecule has 18 heavy (non-hydrogen) atoms. The van der Waals surface area contributed by atoms with Gasteiger partial charge in [0.05, 0.1) is 17.3 Å². The fraction of sp³-hybridized carbons (Fsp3) is 0. The summed E-state index contributed by atoms with van der Waals surface area (Å²) in [5.41, 5.74) is 1.25. The molecule has 1 aromatic carbocycles. The normalized spacial score (nSPS) is 11.1. The molecule has 0 unspecified atom stereocenters. The molecule has 0 aliphatic carbocycles. The topological polar surface area (TPSA) is 54.5 Å². The van der Waals surface area contributed by atoms with Gasteiger partial charge >= 0.3 is 0 Å². The summed E-state index contributed by atoms with van der Waals surface area (Å²) in [5.74, 6) is -1.86. The average molecular weight is 267 g/mol. The first-order valence-corrected chi connectivity index (χ1v) is 5.35. The van der Waals surface area contributed by atoms with E-state index in [9.17, 15) is 8.78 Å². The van der Waals surface area contributed by atoms with Crippen molar-refractivity contribution in [1.82, 2.24) is 20.2 Å². The number of aromatic amines is 1. The third kappa shape index (κ3) is 1.70. The molecule has 3 rings (SSSR count). The zero-order valence-electron chi connectivity index (χ0n) is 8.78. The largest absolute Gasteiger partial charge is 0.261 e. The summed E-state index contributed by atoms with van der Waals surface area (Å²) in [4.78, 5) is 7.95. The Balaban J connectivity index is 2.30. The Labute approximate surface area is 105 Å². The smallest absolute Gasteiger partial charge is 0.224 e. The molecule has 90 valence electrons. The van der Waals surface area contributed by atoms with Crippen molar-refractivity contribution in [3.8, 4) is 11.3 Å². The van der Waals surface area contributed by atoms with Crippen LogP contribution in [0.1, 0.15) is 0 Å². The molecule has 2 aromatic heterocycles. The number of halogens is 3. The molecule has 0 saturated carbocycles. The van der Waals surface area contributed by atoms with Gasteiger partial charge in [0, 0.05) is 5.56 Å². The van der Waals surface area contributed by atoms with Crippen molar-refractivity contribution in [2.75, 3.05) is 0 Å². The van der Waals surface area contributed by atoms with Gasteiger partial charge in [0.25, 0.3) is 0 Å². The molecule has 3 aromatic rings. The third-order valence-electron chi connectivity index (χ3n) is 2.48. The van der Waals surface area contributed by atoms with Crippen molar-refractivity contribution in [2.45, 2.75) is 0 Å². The van der Waals surface area contributed by atoms with E-state index < -0.39 is 11.6 Å². The predicted octanol–water partition coefficient (Wildman–Crippen LogP) is 2.95. The molecule has 0 radical (unpaired) electrons. The molecule has 0 aliphatic heterocycles. The van der Waals surface area contributed by atoms with Crippen molar-refractivity contribution in [2.24, 2.45) is 0 Å². The van der Waals surface area contributed by atoms with Gasteiger partial charge in [0.15, 0.2) is 17.3 Å². The van der Waals surface area contributed by atoms with Gasteiger partial charge in [-0.3, -0.25) is 5.10 Å². The number of nitrogens with zero attached hydrogens (tertiary/aromatic N) is 3. The van der Waals surface area contributed by atoms with E-state index in [4.69, 9.17) is 11.6 Å². The average Bonchev–Trinajstić information content (AvgIpc) is 2.79. The SMILES string of the molecule is Fc1ccc(-c2nc(Cl)nc3[nH]ncc23)cc1F. The summed E-state index contributed by atoms with van der Waals surface area (Å²) in [6.07, 6.45) is 1.50. The lowest BCUT2D eigenvalue weighted by atomic mass is 10.1. The molecule has 0 fully saturated rings. The summed E-state index contributed by atoms with van der Waals surface area (Å²) in [6.45, 7) is 0. The summed E-state index contributed by atoms with van der Waals surface area (Å²) < 4.78 is 26.1. The third-order valence-corrected chi connectivity index (χ3v) is 2.64. The maximum absolute atomic E-state index is 13.2. The second-order valence-corrected chi connectivity index (χ2v) is 3.94. The van der Waals surface area contributed by atoms with E-state index in [1.165, 1.54) is 12.3 Å². The zero-order valence-corrected chi connectivity index (χ0v) is 9.54. The fourth-order valence-electron chi connectivity index (χ4n) is 1.67. The van der Waals surface area contributed by atoms with Crippen molar-refractivity contribution >= 4 is 22.6 Å². The molecule has 0 aliphatic rings. The van der Waals surface area contributed by atoms with Gasteiger partial charge in [-0.25, -0.2) is 13.8 Å². The van der Waals surface area contributed by atoms with Gasteiger partial charge < -0.3 is 0 Å². The molecule has 0 atom stereocenters. The summed E-state index contributed by atoms with van der Waals surface area (Å²) in [6, 6.07) is 3.51. The van der Waals surface area contributed by atoms with Crippen LogP contribution in [0.25, 0.3) is 22.3 Å². The van der Waals surface area contributed by atoms with Gasteiger partial charge in [-0.15, -0.1) is 0 Å². The first kappa shape index (κ1) is 11.0. The van der Waals surface area contributed by atoms with Crippen molar-refractivity contribution < 1.29 is 8.78 Å². The van der Waals surface area contributed by atoms with Gasteiger partial charge in [-0.1, -0.05) is 0 Å². The number of fused-ring (bicyclic) bond motifs is 1. The second-order valence-electron chi connectivity index (χ2n) is 3.60. The quantitative estimate of drug-likeness (QED) is 0.689. The van der Waals surface area contributed by atoms with Crippen LogP contribution < -0.4 is 0 Å². The Bertz CT molecular complexity index is 741. The first-order chi connectivity index (χ1) is 8.65. The van der Waals surface area contributed by atoms with Gasteiger partial charge in [0.1, 0.15) is 0 Å². The monoisotopic (exact) mass is 266 g/mol. The Kier molecular flexibility index (Phi) is 2.45. The molecule has 1 N–H and O–H groups in total. The van der Waals surface area contributed by atoms with Crippen LogP contribution >= 0.6 is 11.6 Å². The van der Waals surface area contributed by atoms with Crippen LogP contribution in [0.4, 0.5) is 8.78 Å². The highest BCUT2D eigenvalue weighted by molar-refractivity contribution is 6.28. The summed E-state index contributed by atoms with van der Waals surface area (Å²) in [7, 11) is 0. The number of hydrogen-bond donors (Lipinski definition) is 1. The second kappa shape index (κ2) is 3.99. The highest BCUT2D eigenvalue weighted by Crippen LogP contribution is 2.27. The molecule has 4 nitrogen and oxygen atoms in total. The Morgan fingerprint density at radius 1 is 1.11 bits per heavy atom. The Morgan fingerprint density at radius 2 is 1.94 bits per heavy atom. The van der Waals surface area contributed by atoms with E-state index >= 15 is 0 Å². The molecule has 0 spiro atoms. The van der Waals surface area contributed by atoms with Crippen LogP contribution in [0.5, 0.6) is 0 Å². The van der Waals surface area contributed by atoms with Crippen molar-refractivity contribution in [1.29, 1.82) is 0 Å². The summed E-state index contributed by atoms with van der Waals surface area (Å²) in [5, 5.41) is 7.05. The first-order valence-electron chi connectivity index (χ1n) is 4.97. The Morgan fingerprint density at radius 3 is 2.72 bits per heavy atom. The molecule has 0 bridgehead atoms. The fourth-order valence-corrected chi connectivity index (χ4v) is 1.84. The van der Waals surface area contributed by atoms with Crippen molar-refractivity contribution in [3.05, 3.63) is 41.3 Å². The van der Waals surface area contributed by atoms with E-state index in [1.54, 1.807) is 0 Å². The van der Waals surface area contributed by atoms with E-state index in [0.29, 0.717) is 22.3 Å². The van der Waals surface area contributed by atoms with E-state index in [-0.39, 0.29) is 5.28 Å². The van der Waals surface area contributed by atoms with E-state index in [2.05, 4.69) is 20.2 Å². The minimum absolute atomic E-state index is 0.00600. The minimum atomic E-state index is -0.945. The molecule has 7 heteroatoms. The number of benzene rings is 1. The predicted molar refractivity (Wildman–Crippen MR) is 62.0 cm³/mol. The van der Waals surface area contributed by atoms with Crippen molar-refractivity contribution in [3.63, 3.8) is 0 Å². The lowest BCUT2D eigenvalue weighted by molar-refractivity contribution is 0.509. The van der Waals surface area contributed by atoms with E-state index in [1.807, 2.05) is 0 Å². The molecule has 0 amide bonds. The van der Waals surface area contributed by atoms with Gasteiger partial charge in [0.2, 0.25) is 5.28 Å². The van der Waals surface area contributed by atoms with Crippen LogP contribution in [-0.4, -0.2) is 20.2 Å². The van der Waals surface area contributed by atoms with Crippen LogP contribution in [0.3, 0.4) is 0 Å². The summed E-state index contributed by atoms with van der Waals surface area (Å²) >= 11 is 5.76. The maximum atomic E-state index is 13.2. The number of rotatable bonds is 1. The van der Waals surface area contributed by atoms with Crippen LogP contribution in [0, 0.1) is 11.6 Å². The molecular formula is C11H5ClF2N4. The highest BCUT2D eigenvalue weighted by atomic mass is 35.5. The molecular weight excluding hydrogens is 262 g/mol. The van der Waals surface area contributed by atoms with Crippen LogP contribution in [0.15, 0.2) is 24.4 Å². The zero-order chi connectivity index (χ0) is 12.7. The number of hydrogen-bond acceptors (Lipinski definition) is 3. The number of aromatic nitrogens is 4. The molecule has 0 saturated heterocycles. The Hall–Kier alpha value is -2.08. The van der Waals surface area contributed by atoms with Gasteiger partial charge in [-0.2, -0.15) is 10.1 Å². The molecule has 2 heterocycles.